The molecule has 5 atom stereocenters. The molecule has 0 radical (unpaired) electrons. The summed E-state index contributed by atoms with van der Waals surface area (Å²) >= 11 is 0. The van der Waals surface area contributed by atoms with Gasteiger partial charge in [-0.05, 0) is 53.4 Å². The Morgan fingerprint density at radius 3 is 1.79 bits per heavy atom. The fourth-order valence-electron chi connectivity index (χ4n) is 3.27. The van der Waals surface area contributed by atoms with Crippen molar-refractivity contribution in [3.05, 3.63) is 0 Å². The largest absolute Gasteiger partial charge is 0.481 e. The van der Waals surface area contributed by atoms with Crippen LogP contribution in [0.5, 0.6) is 0 Å². The average Bonchev–Trinajstić information content (AvgIpc) is 2.72. The van der Waals surface area contributed by atoms with E-state index in [9.17, 15) is 29.7 Å². The Bertz CT molecular complexity index is 661. The van der Waals surface area contributed by atoms with Crippen molar-refractivity contribution in [1.82, 2.24) is 0 Å². The van der Waals surface area contributed by atoms with E-state index < -0.39 is 59.4 Å². The van der Waals surface area contributed by atoms with Crippen molar-refractivity contribution in [2.45, 2.75) is 96.9 Å². The van der Waals surface area contributed by atoms with Crippen LogP contribution in [0.3, 0.4) is 0 Å². The van der Waals surface area contributed by atoms with Gasteiger partial charge in [-0.1, -0.05) is 12.8 Å². The van der Waals surface area contributed by atoms with Crippen molar-refractivity contribution in [2.24, 2.45) is 10.8 Å². The van der Waals surface area contributed by atoms with E-state index in [2.05, 4.69) is 0 Å². The number of esters is 1. The van der Waals surface area contributed by atoms with Gasteiger partial charge >= 0.3 is 17.9 Å². The van der Waals surface area contributed by atoms with Crippen LogP contribution in [0.1, 0.15) is 66.2 Å². The van der Waals surface area contributed by atoms with Crippen molar-refractivity contribution in [1.29, 1.82) is 0 Å². The molecule has 0 aliphatic carbocycles. The fraction of sp³-hybridized carbons (Fsp3) is 0.864. The summed E-state index contributed by atoms with van der Waals surface area (Å²) in [5.74, 6) is -3.11. The second-order valence-electron chi connectivity index (χ2n) is 9.74. The number of carbonyl (C=O) groups excluding carboxylic acids is 1. The zero-order valence-corrected chi connectivity index (χ0v) is 19.7. The molecule has 11 nitrogen and oxygen atoms in total. The van der Waals surface area contributed by atoms with Gasteiger partial charge in [-0.2, -0.15) is 0 Å². The number of carboxylic acid groups (broad SMARTS) is 2. The molecule has 0 unspecified atom stereocenters. The van der Waals surface area contributed by atoms with Crippen molar-refractivity contribution >= 4 is 17.9 Å². The predicted octanol–water partition coefficient (Wildman–Crippen LogP) is 0.916. The summed E-state index contributed by atoms with van der Waals surface area (Å²) in [6.07, 6.45) is -5.20. The molecule has 0 aromatic carbocycles. The van der Waals surface area contributed by atoms with Gasteiger partial charge in [0.05, 0.1) is 10.8 Å². The lowest BCUT2D eigenvalue weighted by molar-refractivity contribution is -0.288. The molecule has 1 aliphatic heterocycles. The lowest BCUT2D eigenvalue weighted by Gasteiger charge is -2.39. The molecule has 0 amide bonds. The summed E-state index contributed by atoms with van der Waals surface area (Å²) in [6.45, 7) is 7.67. The van der Waals surface area contributed by atoms with Crippen LogP contribution >= 0.6 is 0 Å². The Kier molecular flexibility index (Phi) is 11.2. The van der Waals surface area contributed by atoms with E-state index >= 15 is 0 Å². The molecule has 1 fully saturated rings. The second-order valence-corrected chi connectivity index (χ2v) is 9.74. The van der Waals surface area contributed by atoms with E-state index in [0.29, 0.717) is 38.9 Å². The number of carbonyl (C=O) groups is 3. The minimum atomic E-state index is -1.86. The van der Waals surface area contributed by atoms with E-state index in [1.54, 1.807) is 27.7 Å². The highest BCUT2D eigenvalue weighted by Gasteiger charge is 2.49. The van der Waals surface area contributed by atoms with E-state index in [0.717, 1.165) is 12.8 Å². The highest BCUT2D eigenvalue weighted by Crippen LogP contribution is 2.29. The molecule has 0 aromatic heterocycles. The Morgan fingerprint density at radius 2 is 1.30 bits per heavy atom. The molecule has 1 aliphatic rings. The maximum absolute atomic E-state index is 12.5. The minimum absolute atomic E-state index is 0.429. The summed E-state index contributed by atoms with van der Waals surface area (Å²) in [6, 6.07) is 0. The average molecular weight is 479 g/mol. The van der Waals surface area contributed by atoms with Crippen molar-refractivity contribution in [2.75, 3.05) is 13.2 Å². The van der Waals surface area contributed by atoms with Crippen molar-refractivity contribution in [3.63, 3.8) is 0 Å². The van der Waals surface area contributed by atoms with Crippen LogP contribution in [-0.4, -0.2) is 87.4 Å². The third kappa shape index (κ3) is 8.82. The molecule has 1 heterocycles. The van der Waals surface area contributed by atoms with Gasteiger partial charge in [0.1, 0.15) is 18.3 Å². The second kappa shape index (κ2) is 12.6. The number of aliphatic hydroxyl groups excluding tert-OH is 3. The predicted molar refractivity (Wildman–Crippen MR) is 114 cm³/mol. The SMILES string of the molecule is CC(C)(CCCCOCCCCC(C)(C)C(=O)O[C@@H]1O[C@H](C(=O)O)[C@@H](O)[C@H](O)[C@H]1O)C(=O)O. The number of hydrogen-bond donors (Lipinski definition) is 5. The molecule has 0 spiro atoms. The smallest absolute Gasteiger partial charge is 0.335 e. The van der Waals surface area contributed by atoms with E-state index in [4.69, 9.17) is 24.4 Å². The highest BCUT2D eigenvalue weighted by atomic mass is 16.7. The molecule has 33 heavy (non-hydrogen) atoms. The summed E-state index contributed by atoms with van der Waals surface area (Å²) in [4.78, 5) is 34.7. The molecule has 1 rings (SSSR count). The van der Waals surface area contributed by atoms with E-state index in [1.807, 2.05) is 0 Å². The molecule has 0 aromatic rings. The molecule has 5 N–H and O–H groups in total. The third-order valence-electron chi connectivity index (χ3n) is 5.85. The molecule has 1 saturated heterocycles. The monoisotopic (exact) mass is 478 g/mol. The summed E-state index contributed by atoms with van der Waals surface area (Å²) in [5, 5.41) is 47.6. The number of carboxylic acids is 2. The summed E-state index contributed by atoms with van der Waals surface area (Å²) in [5.41, 5.74) is -1.71. The Balaban J connectivity index is 2.33. The zero-order valence-electron chi connectivity index (χ0n) is 19.7. The van der Waals surface area contributed by atoms with E-state index in [1.165, 1.54) is 0 Å². The number of aliphatic hydroxyl groups is 3. The molecule has 11 heteroatoms. The normalized spacial score (nSPS) is 26.1. The first-order valence-corrected chi connectivity index (χ1v) is 11.2. The molecule has 0 bridgehead atoms. The minimum Gasteiger partial charge on any atom is -0.481 e. The number of ether oxygens (including phenoxy) is 3. The molecule has 192 valence electrons. The van der Waals surface area contributed by atoms with Crippen LogP contribution < -0.4 is 0 Å². The fourth-order valence-corrected chi connectivity index (χ4v) is 3.27. The maximum atomic E-state index is 12.5. The van der Waals surface area contributed by atoms with Crippen LogP contribution in [0, 0.1) is 10.8 Å². The van der Waals surface area contributed by atoms with E-state index in [-0.39, 0.29) is 0 Å². The first kappa shape index (κ1) is 29.2. The quantitative estimate of drug-likeness (QED) is 0.177. The Hall–Kier alpha value is -1.79. The first-order chi connectivity index (χ1) is 15.2. The molecule has 0 saturated carbocycles. The van der Waals surface area contributed by atoms with Crippen LogP contribution in [0.4, 0.5) is 0 Å². The van der Waals surface area contributed by atoms with Gasteiger partial charge in [0, 0.05) is 13.2 Å². The van der Waals surface area contributed by atoms with Gasteiger partial charge in [0.15, 0.2) is 6.10 Å². The Morgan fingerprint density at radius 1 is 0.788 bits per heavy atom. The van der Waals surface area contributed by atoms with Gasteiger partial charge in [-0.25, -0.2) is 4.79 Å². The van der Waals surface area contributed by atoms with Crippen LogP contribution in [0.15, 0.2) is 0 Å². The van der Waals surface area contributed by atoms with Gasteiger partial charge in [0.25, 0.3) is 0 Å². The maximum Gasteiger partial charge on any atom is 0.335 e. The summed E-state index contributed by atoms with van der Waals surface area (Å²) < 4.78 is 15.6. The number of hydrogen-bond acceptors (Lipinski definition) is 9. The topological polar surface area (TPSA) is 180 Å². The summed E-state index contributed by atoms with van der Waals surface area (Å²) in [7, 11) is 0. The zero-order chi connectivity index (χ0) is 25.4. The number of aliphatic carboxylic acids is 2. The molecular weight excluding hydrogens is 440 g/mol. The third-order valence-corrected chi connectivity index (χ3v) is 5.85. The van der Waals surface area contributed by atoms with Crippen LogP contribution in [-0.2, 0) is 28.6 Å². The Labute approximate surface area is 193 Å². The number of rotatable bonds is 14. The van der Waals surface area contributed by atoms with Crippen LogP contribution in [0.2, 0.25) is 0 Å². The lowest BCUT2D eigenvalue weighted by atomic mass is 9.87. The lowest BCUT2D eigenvalue weighted by Crippen LogP contribution is -2.61. The van der Waals surface area contributed by atoms with Gasteiger partial charge in [0.2, 0.25) is 6.29 Å². The highest BCUT2D eigenvalue weighted by molar-refractivity contribution is 5.76. The van der Waals surface area contributed by atoms with Crippen LogP contribution in [0.25, 0.3) is 0 Å². The van der Waals surface area contributed by atoms with Crippen molar-refractivity contribution in [3.8, 4) is 0 Å². The van der Waals surface area contributed by atoms with Gasteiger partial charge in [-0.3, -0.25) is 9.59 Å². The standard InChI is InChI=1S/C22H38O11/c1-21(2,19(28)29)9-5-7-11-31-12-8-6-10-22(3,4)20(30)33-18-15(25)13(23)14(24)16(32-18)17(26)27/h13-16,18,23-25H,5-12H2,1-4H3,(H,26,27)(H,28,29)/t13-,14-,15+,16-,18-/m0/s1. The first-order valence-electron chi connectivity index (χ1n) is 11.2. The van der Waals surface area contributed by atoms with Gasteiger partial charge < -0.3 is 39.7 Å². The van der Waals surface area contributed by atoms with Gasteiger partial charge in [-0.15, -0.1) is 0 Å². The van der Waals surface area contributed by atoms with Crippen molar-refractivity contribution < 1.29 is 54.1 Å². The molecular formula is C22H38O11. The number of unbranched alkanes of at least 4 members (excludes halogenated alkanes) is 2.